The van der Waals surface area contributed by atoms with Crippen molar-refractivity contribution in [3.63, 3.8) is 0 Å². The van der Waals surface area contributed by atoms with Crippen molar-refractivity contribution in [1.29, 1.82) is 0 Å². The van der Waals surface area contributed by atoms with E-state index in [1.165, 1.54) is 7.11 Å². The Balaban J connectivity index is 2.06. The molecule has 0 amide bonds. The molecule has 1 saturated heterocycles. The van der Waals surface area contributed by atoms with E-state index in [2.05, 4.69) is 15.9 Å². The van der Waals surface area contributed by atoms with Gasteiger partial charge in [0.1, 0.15) is 0 Å². The van der Waals surface area contributed by atoms with E-state index in [0.29, 0.717) is 25.2 Å². The van der Waals surface area contributed by atoms with Crippen molar-refractivity contribution in [3.05, 3.63) is 33.8 Å². The molecular formula is C15H17BrF3NO2. The Kier molecular flexibility index (Phi) is 5.50. The van der Waals surface area contributed by atoms with Gasteiger partial charge in [-0.3, -0.25) is 4.90 Å². The Morgan fingerprint density at radius 2 is 2.00 bits per heavy atom. The first kappa shape index (κ1) is 17.3. The maximum Gasteiger partial charge on any atom is 0.391 e. The van der Waals surface area contributed by atoms with E-state index >= 15 is 0 Å². The van der Waals surface area contributed by atoms with Gasteiger partial charge in [-0.25, -0.2) is 4.79 Å². The standard InChI is InChI=1S/C15H17BrF3NO2/c1-22-14(21)13-3-2-12(16)8-10(13)9-20-6-4-11(5-7-20)15(17,18)19/h2-3,8,11H,4-7,9H2,1H3. The number of halogens is 4. The van der Waals surface area contributed by atoms with Gasteiger partial charge in [0.2, 0.25) is 0 Å². The van der Waals surface area contributed by atoms with Gasteiger partial charge in [0.05, 0.1) is 18.6 Å². The summed E-state index contributed by atoms with van der Waals surface area (Å²) in [5, 5.41) is 0. The molecule has 1 aromatic carbocycles. The maximum atomic E-state index is 12.7. The number of piperidine rings is 1. The Labute approximate surface area is 135 Å². The zero-order chi connectivity index (χ0) is 16.3. The van der Waals surface area contributed by atoms with Crippen LogP contribution in [0.5, 0.6) is 0 Å². The summed E-state index contributed by atoms with van der Waals surface area (Å²) in [5.74, 6) is -1.65. The van der Waals surface area contributed by atoms with E-state index in [9.17, 15) is 18.0 Å². The lowest BCUT2D eigenvalue weighted by Crippen LogP contribution is -2.38. The molecule has 0 N–H and O–H groups in total. The van der Waals surface area contributed by atoms with Crippen LogP contribution in [0.3, 0.4) is 0 Å². The highest BCUT2D eigenvalue weighted by atomic mass is 79.9. The highest BCUT2D eigenvalue weighted by Gasteiger charge is 2.41. The van der Waals surface area contributed by atoms with Gasteiger partial charge in [-0.1, -0.05) is 15.9 Å². The Bertz CT molecular complexity index is 540. The molecule has 0 aromatic heterocycles. The monoisotopic (exact) mass is 379 g/mol. The molecule has 0 unspecified atom stereocenters. The number of nitrogens with zero attached hydrogens (tertiary/aromatic N) is 1. The Morgan fingerprint density at radius 3 is 2.55 bits per heavy atom. The van der Waals surface area contributed by atoms with E-state index in [-0.39, 0.29) is 12.8 Å². The molecule has 0 atom stereocenters. The summed E-state index contributed by atoms with van der Waals surface area (Å²) in [6, 6.07) is 5.21. The Morgan fingerprint density at radius 1 is 1.36 bits per heavy atom. The van der Waals surface area contributed by atoms with Crippen molar-refractivity contribution < 1.29 is 22.7 Å². The van der Waals surface area contributed by atoms with Crippen molar-refractivity contribution in [2.45, 2.75) is 25.6 Å². The van der Waals surface area contributed by atoms with Crippen LogP contribution in [-0.4, -0.2) is 37.2 Å². The van der Waals surface area contributed by atoms with Gasteiger partial charge in [-0.2, -0.15) is 13.2 Å². The average molecular weight is 380 g/mol. The van der Waals surface area contributed by atoms with Crippen LogP contribution in [0.25, 0.3) is 0 Å². The number of likely N-dealkylation sites (tertiary alicyclic amines) is 1. The van der Waals surface area contributed by atoms with Gasteiger partial charge in [0.25, 0.3) is 0 Å². The fraction of sp³-hybridized carbons (Fsp3) is 0.533. The third-order valence-corrected chi connectivity index (χ3v) is 4.41. The highest BCUT2D eigenvalue weighted by Crippen LogP contribution is 2.34. The second-order valence-corrected chi connectivity index (χ2v) is 6.30. The number of carbonyl (C=O) groups is 1. The third-order valence-electron chi connectivity index (χ3n) is 3.92. The van der Waals surface area contributed by atoms with Crippen LogP contribution in [0.2, 0.25) is 0 Å². The summed E-state index contributed by atoms with van der Waals surface area (Å²) in [5.41, 5.74) is 1.20. The minimum Gasteiger partial charge on any atom is -0.465 e. The summed E-state index contributed by atoms with van der Waals surface area (Å²) >= 11 is 3.35. The van der Waals surface area contributed by atoms with Crippen LogP contribution in [0, 0.1) is 5.92 Å². The second kappa shape index (κ2) is 7.00. The van der Waals surface area contributed by atoms with Crippen LogP contribution in [0.4, 0.5) is 13.2 Å². The quantitative estimate of drug-likeness (QED) is 0.743. The minimum absolute atomic E-state index is 0.102. The van der Waals surface area contributed by atoms with Gasteiger partial charge in [-0.15, -0.1) is 0 Å². The fourth-order valence-corrected chi connectivity index (χ4v) is 3.07. The van der Waals surface area contributed by atoms with Gasteiger partial charge in [0.15, 0.2) is 0 Å². The summed E-state index contributed by atoms with van der Waals surface area (Å²) in [7, 11) is 1.31. The summed E-state index contributed by atoms with van der Waals surface area (Å²) in [6.07, 6.45) is -3.91. The molecule has 122 valence electrons. The lowest BCUT2D eigenvalue weighted by molar-refractivity contribution is -0.185. The van der Waals surface area contributed by atoms with E-state index in [1.807, 2.05) is 11.0 Å². The minimum atomic E-state index is -4.11. The summed E-state index contributed by atoms with van der Waals surface area (Å²) in [4.78, 5) is 13.7. The van der Waals surface area contributed by atoms with E-state index < -0.39 is 18.1 Å². The summed E-state index contributed by atoms with van der Waals surface area (Å²) < 4.78 is 43.6. The fourth-order valence-electron chi connectivity index (χ4n) is 2.66. The number of rotatable bonds is 3. The molecule has 1 heterocycles. The molecule has 0 saturated carbocycles. The molecule has 22 heavy (non-hydrogen) atoms. The first-order valence-electron chi connectivity index (χ1n) is 6.97. The van der Waals surface area contributed by atoms with E-state index in [0.717, 1.165) is 10.0 Å². The second-order valence-electron chi connectivity index (χ2n) is 5.39. The summed E-state index contributed by atoms with van der Waals surface area (Å²) in [6.45, 7) is 1.18. The largest absolute Gasteiger partial charge is 0.465 e. The number of hydrogen-bond donors (Lipinski definition) is 0. The lowest BCUT2D eigenvalue weighted by Gasteiger charge is -2.33. The molecule has 1 fully saturated rings. The molecule has 7 heteroatoms. The van der Waals surface area contributed by atoms with Crippen LogP contribution in [0.1, 0.15) is 28.8 Å². The van der Waals surface area contributed by atoms with E-state index in [1.54, 1.807) is 12.1 Å². The predicted molar refractivity (Wildman–Crippen MR) is 79.5 cm³/mol. The first-order chi connectivity index (χ1) is 10.3. The molecule has 0 spiro atoms. The molecular weight excluding hydrogens is 363 g/mol. The number of carbonyl (C=O) groups excluding carboxylic acids is 1. The molecule has 2 rings (SSSR count). The number of hydrogen-bond acceptors (Lipinski definition) is 3. The van der Waals surface area contributed by atoms with Gasteiger partial charge in [0, 0.05) is 11.0 Å². The number of methoxy groups -OCH3 is 1. The molecule has 1 aliphatic heterocycles. The molecule has 0 bridgehead atoms. The number of esters is 1. The van der Waals surface area contributed by atoms with Crippen molar-refractivity contribution >= 4 is 21.9 Å². The molecule has 0 aliphatic carbocycles. The van der Waals surface area contributed by atoms with Crippen molar-refractivity contribution in [3.8, 4) is 0 Å². The van der Waals surface area contributed by atoms with Crippen molar-refractivity contribution in [1.82, 2.24) is 4.90 Å². The van der Waals surface area contributed by atoms with Gasteiger partial charge in [-0.05, 0) is 49.7 Å². The molecule has 3 nitrogen and oxygen atoms in total. The van der Waals surface area contributed by atoms with Crippen molar-refractivity contribution in [2.24, 2.45) is 5.92 Å². The zero-order valence-electron chi connectivity index (χ0n) is 12.1. The van der Waals surface area contributed by atoms with E-state index in [4.69, 9.17) is 4.74 Å². The SMILES string of the molecule is COC(=O)c1ccc(Br)cc1CN1CCC(C(F)(F)F)CC1. The topological polar surface area (TPSA) is 29.5 Å². The highest BCUT2D eigenvalue weighted by molar-refractivity contribution is 9.10. The average Bonchev–Trinajstić information content (AvgIpc) is 2.46. The molecule has 0 radical (unpaired) electrons. The van der Waals surface area contributed by atoms with Crippen LogP contribution >= 0.6 is 15.9 Å². The van der Waals surface area contributed by atoms with Crippen LogP contribution < -0.4 is 0 Å². The number of alkyl halides is 3. The smallest absolute Gasteiger partial charge is 0.391 e. The van der Waals surface area contributed by atoms with Crippen LogP contribution in [-0.2, 0) is 11.3 Å². The predicted octanol–water partition coefficient (Wildman–Crippen LogP) is 4.01. The van der Waals surface area contributed by atoms with Gasteiger partial charge < -0.3 is 4.74 Å². The Hall–Kier alpha value is -1.08. The lowest BCUT2D eigenvalue weighted by atomic mass is 9.95. The third kappa shape index (κ3) is 4.23. The maximum absolute atomic E-state index is 12.7. The normalized spacial score (nSPS) is 17.5. The molecule has 1 aliphatic rings. The number of benzene rings is 1. The first-order valence-corrected chi connectivity index (χ1v) is 7.76. The van der Waals surface area contributed by atoms with Crippen molar-refractivity contribution in [2.75, 3.05) is 20.2 Å². The molecule has 1 aromatic rings. The number of ether oxygens (including phenoxy) is 1. The van der Waals surface area contributed by atoms with Gasteiger partial charge >= 0.3 is 12.1 Å². The zero-order valence-corrected chi connectivity index (χ0v) is 13.7. The van der Waals surface area contributed by atoms with Crippen LogP contribution in [0.15, 0.2) is 22.7 Å².